The molecule has 1 aromatic carbocycles. The van der Waals surface area contributed by atoms with E-state index >= 15 is 0 Å². The van der Waals surface area contributed by atoms with E-state index in [2.05, 4.69) is 45.7 Å². The summed E-state index contributed by atoms with van der Waals surface area (Å²) in [6.45, 7) is 9.06. The lowest BCUT2D eigenvalue weighted by Crippen LogP contribution is -3.00. The van der Waals surface area contributed by atoms with E-state index in [0.717, 1.165) is 5.56 Å². The summed E-state index contributed by atoms with van der Waals surface area (Å²) in [7, 11) is 0. The number of halogens is 1. The van der Waals surface area contributed by atoms with Crippen LogP contribution in [0, 0.1) is 18.3 Å². The monoisotopic (exact) mass is 1010 g/mol. The Balaban J connectivity index is 0.00000937. The van der Waals surface area contributed by atoms with Crippen LogP contribution in [0.4, 0.5) is 17.8 Å². The van der Waals surface area contributed by atoms with Crippen molar-refractivity contribution in [2.24, 2.45) is 17.4 Å². The molecule has 4 atom stereocenters. The molecule has 2 fully saturated rings. The van der Waals surface area contributed by atoms with Gasteiger partial charge in [0.2, 0.25) is 29.7 Å². The summed E-state index contributed by atoms with van der Waals surface area (Å²) in [4.78, 5) is 61.8. The molecule has 0 radical (unpaired) electrons. The van der Waals surface area contributed by atoms with Gasteiger partial charge in [0.05, 0.1) is 69.8 Å². The number of nitrogens with zero attached hydrogens (tertiary/aromatic N) is 13. The van der Waals surface area contributed by atoms with Gasteiger partial charge >= 0.3 is 5.97 Å². The Morgan fingerprint density at radius 3 is 1.82 bits per heavy atom. The molecular formula is C45H66ClN16O9-. The van der Waals surface area contributed by atoms with Crippen LogP contribution in [0.2, 0.25) is 0 Å². The van der Waals surface area contributed by atoms with Crippen molar-refractivity contribution in [3.63, 3.8) is 0 Å². The van der Waals surface area contributed by atoms with E-state index in [1.807, 2.05) is 9.80 Å². The van der Waals surface area contributed by atoms with Crippen LogP contribution in [0.3, 0.4) is 0 Å². The molecule has 0 saturated carbocycles. The van der Waals surface area contributed by atoms with Gasteiger partial charge in [-0.05, 0) is 36.5 Å². The Bertz CT molecular complexity index is 2320. The highest BCUT2D eigenvalue weighted by Crippen LogP contribution is 2.26. The molecule has 0 spiro atoms. The number of aromatic hydroxyl groups is 1. The van der Waals surface area contributed by atoms with Gasteiger partial charge in [-0.25, -0.2) is 9.36 Å². The predicted molar refractivity (Wildman–Crippen MR) is 254 cm³/mol. The lowest BCUT2D eigenvalue weighted by molar-refractivity contribution is -0.139. The van der Waals surface area contributed by atoms with Crippen LogP contribution in [-0.4, -0.2) is 193 Å². The lowest BCUT2D eigenvalue weighted by Gasteiger charge is -2.38. The van der Waals surface area contributed by atoms with Crippen LogP contribution in [-0.2, 0) is 35.0 Å². The number of terminal acetylenes is 1. The highest BCUT2D eigenvalue weighted by Gasteiger charge is 2.34. The number of aliphatic carboxylic acids is 1. The number of anilines is 3. The number of carbonyl (C=O) groups excluding carboxylic acids is 2. The van der Waals surface area contributed by atoms with Gasteiger partial charge in [-0.1, -0.05) is 42.3 Å². The van der Waals surface area contributed by atoms with Crippen LogP contribution in [0.15, 0.2) is 36.7 Å². The number of benzene rings is 1. The van der Waals surface area contributed by atoms with Crippen LogP contribution in [0.5, 0.6) is 5.75 Å². The largest absolute Gasteiger partial charge is 1.00 e. The van der Waals surface area contributed by atoms with Gasteiger partial charge in [-0.2, -0.15) is 15.0 Å². The number of carbonyl (C=O) groups is 3. The topological polar surface area (TPSA) is 317 Å². The first kappa shape index (κ1) is 55.7. The summed E-state index contributed by atoms with van der Waals surface area (Å²) in [5.41, 5.74) is 14.1. The standard InChI is InChI=1S/C45H66N16O9.ClH/c1-4-20-68-22-24-70-25-23-69-21-11-48-43-49-44(58-16-12-56(13-17-58)41(66)38(9-10-40(64)65)60-29-37(53-54-60)35(47)30-62)51-45(50-43)59-18-14-57(15-19-59)42(67)39(27-32-5-7-33(63)8-6-32)61-28-36(52-55-61)34(46)26-31(2)3;/h1,5-8,28-29,31,34-35,38-39,62-63H,9-27,30,46-47H2,2-3H3,(H,64,65)(H,48,49,50,51);1H/p-1/t34?,35?,38-,39-;/m0./s1. The van der Waals surface area contributed by atoms with Crippen molar-refractivity contribution >= 4 is 35.6 Å². The molecule has 388 valence electrons. The van der Waals surface area contributed by atoms with E-state index in [-0.39, 0.29) is 80.9 Å². The number of amides is 2. The molecule has 25 nitrogen and oxygen atoms in total. The Labute approximate surface area is 418 Å². The van der Waals surface area contributed by atoms with Crippen LogP contribution < -0.4 is 39.0 Å². The molecule has 71 heavy (non-hydrogen) atoms. The number of hydrogen-bond donors (Lipinski definition) is 6. The molecule has 0 bridgehead atoms. The maximum absolute atomic E-state index is 14.4. The number of nitrogens with one attached hydrogen (secondary N) is 1. The Kier molecular flexibility index (Phi) is 21.9. The molecule has 0 aliphatic carbocycles. The molecule has 2 amide bonds. The van der Waals surface area contributed by atoms with Crippen molar-refractivity contribution in [3.05, 3.63) is 53.6 Å². The molecule has 26 heteroatoms. The number of rotatable bonds is 27. The van der Waals surface area contributed by atoms with Crippen molar-refractivity contribution in [2.45, 2.75) is 63.7 Å². The molecule has 5 heterocycles. The fourth-order valence-corrected chi connectivity index (χ4v) is 7.92. The number of aliphatic hydroxyl groups excluding tert-OH is 1. The third-order valence-electron chi connectivity index (χ3n) is 11.8. The van der Waals surface area contributed by atoms with Crippen molar-refractivity contribution in [2.75, 3.05) is 120 Å². The van der Waals surface area contributed by atoms with E-state index in [0.29, 0.717) is 121 Å². The van der Waals surface area contributed by atoms with Crippen LogP contribution >= 0.6 is 0 Å². The summed E-state index contributed by atoms with van der Waals surface area (Å²) in [6, 6.07) is 3.93. The zero-order valence-electron chi connectivity index (χ0n) is 40.2. The number of carboxylic acid groups (broad SMARTS) is 1. The van der Waals surface area contributed by atoms with Gasteiger partial charge in [0, 0.05) is 71.7 Å². The molecule has 2 unspecified atom stereocenters. The second-order valence-electron chi connectivity index (χ2n) is 17.4. The second kappa shape index (κ2) is 27.9. The fourth-order valence-electron chi connectivity index (χ4n) is 7.92. The number of ether oxygens (including phenoxy) is 3. The van der Waals surface area contributed by atoms with Gasteiger partial charge in [0.25, 0.3) is 0 Å². The second-order valence-corrected chi connectivity index (χ2v) is 17.4. The van der Waals surface area contributed by atoms with Crippen molar-refractivity contribution in [1.82, 2.24) is 54.7 Å². The fraction of sp³-hybridized carbons (Fsp3) is 0.600. The minimum atomic E-state index is -1.06. The molecular weight excluding hydrogens is 944 g/mol. The maximum Gasteiger partial charge on any atom is 0.303 e. The number of carboxylic acids is 1. The van der Waals surface area contributed by atoms with Gasteiger partial charge in [-0.3, -0.25) is 14.4 Å². The molecule has 2 aliphatic heterocycles. The van der Waals surface area contributed by atoms with Gasteiger partial charge in [0.15, 0.2) is 0 Å². The van der Waals surface area contributed by atoms with E-state index in [4.69, 9.17) is 47.1 Å². The van der Waals surface area contributed by atoms with Crippen LogP contribution in [0.25, 0.3) is 0 Å². The van der Waals surface area contributed by atoms with Crippen molar-refractivity contribution in [3.8, 4) is 18.1 Å². The Morgan fingerprint density at radius 1 is 0.761 bits per heavy atom. The van der Waals surface area contributed by atoms with Gasteiger partial charge < -0.3 is 78.3 Å². The molecule has 8 N–H and O–H groups in total. The first-order valence-electron chi connectivity index (χ1n) is 23.5. The number of nitrogens with two attached hydrogens (primary N) is 2. The summed E-state index contributed by atoms with van der Waals surface area (Å²) in [5, 5.41) is 48.9. The minimum Gasteiger partial charge on any atom is -1.00 e. The number of phenolic OH excluding ortho intramolecular Hbond substituents is 1. The third-order valence-corrected chi connectivity index (χ3v) is 11.8. The molecule has 3 aromatic heterocycles. The highest BCUT2D eigenvalue weighted by molar-refractivity contribution is 5.82. The van der Waals surface area contributed by atoms with E-state index < -0.39 is 24.1 Å². The van der Waals surface area contributed by atoms with Gasteiger partial charge in [-0.15, -0.1) is 16.6 Å². The quantitative estimate of drug-likeness (QED) is 0.0253. The molecule has 4 aromatic rings. The molecule has 2 saturated heterocycles. The van der Waals surface area contributed by atoms with E-state index in [9.17, 15) is 29.7 Å². The first-order valence-corrected chi connectivity index (χ1v) is 23.5. The zero-order chi connectivity index (χ0) is 50.0. The number of hydrogen-bond acceptors (Lipinski definition) is 20. The highest BCUT2D eigenvalue weighted by atomic mass is 35.5. The average molecular weight is 1010 g/mol. The average Bonchev–Trinajstić information content (AvgIpc) is 4.07. The SMILES string of the molecule is C#CCOCCOCCOCCNc1nc(N2CCN(C(=O)[C@H](CCC(=O)O)n3cc(C(N)CO)nn3)CC2)nc(N2CCN(C(=O)[C@H](Cc3ccc(O)cc3)n3cc(C(N)CC(C)C)nn3)CC2)n1.[Cl-]. The predicted octanol–water partition coefficient (Wildman–Crippen LogP) is -3.22. The number of aromatic nitrogens is 9. The Hall–Kier alpha value is -6.27. The van der Waals surface area contributed by atoms with Crippen LogP contribution in [0.1, 0.15) is 74.2 Å². The summed E-state index contributed by atoms with van der Waals surface area (Å²) < 4.78 is 19.4. The summed E-state index contributed by atoms with van der Waals surface area (Å²) in [6.07, 6.45) is 9.14. The van der Waals surface area contributed by atoms with E-state index in [1.165, 1.54) is 10.9 Å². The summed E-state index contributed by atoms with van der Waals surface area (Å²) in [5.74, 6) is 2.44. The number of piperazine rings is 2. The molecule has 2 aliphatic rings. The maximum atomic E-state index is 14.4. The summed E-state index contributed by atoms with van der Waals surface area (Å²) >= 11 is 0. The Morgan fingerprint density at radius 2 is 1.28 bits per heavy atom. The van der Waals surface area contributed by atoms with Crippen molar-refractivity contribution in [1.29, 1.82) is 0 Å². The number of aliphatic hydroxyl groups is 1. The zero-order valence-corrected chi connectivity index (χ0v) is 41.0. The molecule has 6 rings (SSSR count). The third kappa shape index (κ3) is 16.4. The smallest absolute Gasteiger partial charge is 0.303 e. The van der Waals surface area contributed by atoms with Crippen molar-refractivity contribution < 1.29 is 56.3 Å². The lowest BCUT2D eigenvalue weighted by atomic mass is 10.0. The normalized spacial score (nSPS) is 15.7. The minimum absolute atomic E-state index is 0. The van der Waals surface area contributed by atoms with Gasteiger partial charge in [0.1, 0.15) is 30.1 Å². The first-order chi connectivity index (χ1) is 33.8. The van der Waals surface area contributed by atoms with E-state index in [1.54, 1.807) is 44.9 Å². The number of phenols is 1.